The normalized spacial score (nSPS) is 23.2. The number of carbonyl (C=O) groups excluding carboxylic acids is 4. The molecule has 0 spiro atoms. The summed E-state index contributed by atoms with van der Waals surface area (Å²) in [5, 5.41) is 5.43. The van der Waals surface area contributed by atoms with E-state index < -0.39 is 35.5 Å². The van der Waals surface area contributed by atoms with E-state index in [9.17, 15) is 23.6 Å². The van der Waals surface area contributed by atoms with Crippen LogP contribution < -0.4 is 10.6 Å². The summed E-state index contributed by atoms with van der Waals surface area (Å²) < 4.78 is 14.6. The van der Waals surface area contributed by atoms with E-state index >= 15 is 0 Å². The fourth-order valence-corrected chi connectivity index (χ4v) is 4.98. The van der Waals surface area contributed by atoms with Crippen LogP contribution in [0.2, 0.25) is 0 Å². The summed E-state index contributed by atoms with van der Waals surface area (Å²) in [4.78, 5) is 50.1. The SMILES string of the molecule is O=C1CCC(N2C(=O)c3cc(F)c(SCC4CCNCC4)cc3C2=O)C(=O)N1. The van der Waals surface area contributed by atoms with Crippen LogP contribution in [0.1, 0.15) is 46.4 Å². The molecule has 3 heterocycles. The Labute approximate surface area is 165 Å². The first kappa shape index (κ1) is 19.1. The molecule has 28 heavy (non-hydrogen) atoms. The van der Waals surface area contributed by atoms with Gasteiger partial charge in [-0.05, 0) is 50.4 Å². The number of imide groups is 2. The van der Waals surface area contributed by atoms with Gasteiger partial charge in [0.15, 0.2) is 0 Å². The van der Waals surface area contributed by atoms with Gasteiger partial charge < -0.3 is 5.32 Å². The van der Waals surface area contributed by atoms with Crippen LogP contribution in [0.5, 0.6) is 0 Å². The second kappa shape index (κ2) is 7.63. The minimum absolute atomic E-state index is 0.0292. The molecule has 0 aromatic heterocycles. The number of benzene rings is 1. The molecule has 1 aromatic carbocycles. The Morgan fingerprint density at radius 3 is 2.39 bits per heavy atom. The summed E-state index contributed by atoms with van der Waals surface area (Å²) in [5.41, 5.74) is 0.0855. The number of nitrogens with zero attached hydrogens (tertiary/aromatic N) is 1. The molecule has 0 saturated carbocycles. The van der Waals surface area contributed by atoms with Crippen LogP contribution in [-0.2, 0) is 9.59 Å². The van der Waals surface area contributed by atoms with Crippen molar-refractivity contribution in [2.45, 2.75) is 36.6 Å². The van der Waals surface area contributed by atoms with Crippen molar-refractivity contribution in [2.24, 2.45) is 5.92 Å². The first-order valence-electron chi connectivity index (χ1n) is 9.34. The first-order valence-corrected chi connectivity index (χ1v) is 10.3. The van der Waals surface area contributed by atoms with E-state index in [0.29, 0.717) is 10.8 Å². The molecule has 0 aliphatic carbocycles. The number of nitrogens with one attached hydrogen (secondary N) is 2. The number of piperidine rings is 2. The third-order valence-corrected chi connectivity index (χ3v) is 6.69. The third-order valence-electron chi connectivity index (χ3n) is 5.43. The summed E-state index contributed by atoms with van der Waals surface area (Å²) in [6.07, 6.45) is 2.19. The Bertz CT molecular complexity index is 869. The van der Waals surface area contributed by atoms with Crippen molar-refractivity contribution in [2.75, 3.05) is 18.8 Å². The van der Waals surface area contributed by atoms with Crippen LogP contribution in [0.15, 0.2) is 17.0 Å². The van der Waals surface area contributed by atoms with Crippen molar-refractivity contribution in [3.63, 3.8) is 0 Å². The predicted molar refractivity (Wildman–Crippen MR) is 99.4 cm³/mol. The average molecular weight is 405 g/mol. The molecule has 0 bridgehead atoms. The Morgan fingerprint density at radius 1 is 1.04 bits per heavy atom. The summed E-state index contributed by atoms with van der Waals surface area (Å²) in [6, 6.07) is 1.47. The fraction of sp³-hybridized carbons (Fsp3) is 0.474. The monoisotopic (exact) mass is 405 g/mol. The number of halogens is 1. The van der Waals surface area contributed by atoms with E-state index in [2.05, 4.69) is 10.6 Å². The molecule has 1 atom stereocenters. The van der Waals surface area contributed by atoms with Crippen molar-refractivity contribution >= 4 is 35.4 Å². The second-order valence-corrected chi connectivity index (χ2v) is 8.34. The van der Waals surface area contributed by atoms with Gasteiger partial charge in [-0.25, -0.2) is 4.39 Å². The lowest BCUT2D eigenvalue weighted by Gasteiger charge is -2.27. The van der Waals surface area contributed by atoms with Gasteiger partial charge in [-0.2, -0.15) is 0 Å². The minimum Gasteiger partial charge on any atom is -0.317 e. The highest BCUT2D eigenvalue weighted by Gasteiger charge is 2.45. The van der Waals surface area contributed by atoms with Gasteiger partial charge in [0.2, 0.25) is 11.8 Å². The largest absolute Gasteiger partial charge is 0.317 e. The topological polar surface area (TPSA) is 95.6 Å². The van der Waals surface area contributed by atoms with Gasteiger partial charge in [0, 0.05) is 17.1 Å². The number of hydrogen-bond acceptors (Lipinski definition) is 6. The van der Waals surface area contributed by atoms with E-state index in [1.165, 1.54) is 17.8 Å². The van der Waals surface area contributed by atoms with E-state index in [4.69, 9.17) is 0 Å². The Hall–Kier alpha value is -2.26. The quantitative estimate of drug-likeness (QED) is 0.580. The molecule has 3 aliphatic rings. The number of rotatable bonds is 4. The molecule has 2 N–H and O–H groups in total. The molecule has 4 amide bonds. The van der Waals surface area contributed by atoms with Crippen molar-refractivity contribution in [1.29, 1.82) is 0 Å². The van der Waals surface area contributed by atoms with Crippen LogP contribution in [0.3, 0.4) is 0 Å². The zero-order valence-corrected chi connectivity index (χ0v) is 15.9. The van der Waals surface area contributed by atoms with Crippen molar-refractivity contribution in [3.05, 3.63) is 29.1 Å². The molecule has 3 aliphatic heterocycles. The maximum Gasteiger partial charge on any atom is 0.262 e. The van der Waals surface area contributed by atoms with Crippen LogP contribution in [0.4, 0.5) is 4.39 Å². The molecular weight excluding hydrogens is 385 g/mol. The average Bonchev–Trinajstić information content (AvgIpc) is 2.91. The lowest BCUT2D eigenvalue weighted by molar-refractivity contribution is -0.136. The summed E-state index contributed by atoms with van der Waals surface area (Å²) in [6.45, 7) is 1.90. The van der Waals surface area contributed by atoms with Gasteiger partial charge in [-0.1, -0.05) is 0 Å². The van der Waals surface area contributed by atoms with Crippen LogP contribution in [0.25, 0.3) is 0 Å². The van der Waals surface area contributed by atoms with E-state index in [-0.39, 0.29) is 24.0 Å². The zero-order chi connectivity index (χ0) is 19.8. The number of carbonyl (C=O) groups is 4. The Kier molecular flexibility index (Phi) is 5.20. The number of thioether (sulfide) groups is 1. The molecule has 9 heteroatoms. The van der Waals surface area contributed by atoms with Crippen LogP contribution in [0, 0.1) is 11.7 Å². The molecule has 2 fully saturated rings. The summed E-state index contributed by atoms with van der Waals surface area (Å²) in [7, 11) is 0. The molecule has 4 rings (SSSR count). The van der Waals surface area contributed by atoms with Crippen molar-refractivity contribution in [1.82, 2.24) is 15.5 Å². The van der Waals surface area contributed by atoms with E-state index in [1.54, 1.807) is 0 Å². The van der Waals surface area contributed by atoms with Crippen LogP contribution in [-0.4, -0.2) is 53.4 Å². The maximum absolute atomic E-state index is 14.6. The van der Waals surface area contributed by atoms with Gasteiger partial charge in [-0.15, -0.1) is 11.8 Å². The molecule has 2 saturated heterocycles. The number of hydrogen-bond donors (Lipinski definition) is 2. The third kappa shape index (κ3) is 3.44. The minimum atomic E-state index is -1.04. The van der Waals surface area contributed by atoms with Crippen LogP contribution >= 0.6 is 11.8 Å². The van der Waals surface area contributed by atoms with Gasteiger partial charge >= 0.3 is 0 Å². The highest BCUT2D eigenvalue weighted by molar-refractivity contribution is 7.99. The van der Waals surface area contributed by atoms with Gasteiger partial charge in [0.05, 0.1) is 11.1 Å². The summed E-state index contributed by atoms with van der Waals surface area (Å²) >= 11 is 1.35. The van der Waals surface area contributed by atoms with Gasteiger partial charge in [-0.3, -0.25) is 29.4 Å². The standard InChI is InChI=1S/C19H20FN3O4S/c20-13-7-11-12(8-15(13)28-9-10-3-5-21-6-4-10)19(27)23(18(11)26)14-1-2-16(24)22-17(14)25/h7-8,10,14,21H,1-6,9H2,(H,22,24,25). The molecule has 1 aromatic rings. The molecule has 148 valence electrons. The van der Waals surface area contributed by atoms with Gasteiger partial charge in [0.1, 0.15) is 11.9 Å². The highest BCUT2D eigenvalue weighted by atomic mass is 32.2. The molecule has 0 radical (unpaired) electrons. The maximum atomic E-state index is 14.6. The van der Waals surface area contributed by atoms with E-state index in [0.717, 1.165) is 42.7 Å². The van der Waals surface area contributed by atoms with Gasteiger partial charge in [0.25, 0.3) is 11.8 Å². The zero-order valence-electron chi connectivity index (χ0n) is 15.1. The van der Waals surface area contributed by atoms with Crippen molar-refractivity contribution in [3.8, 4) is 0 Å². The lowest BCUT2D eigenvalue weighted by Crippen LogP contribution is -2.54. The Balaban J connectivity index is 1.54. The Morgan fingerprint density at radius 2 is 1.71 bits per heavy atom. The molecule has 7 nitrogen and oxygen atoms in total. The fourth-order valence-electron chi connectivity index (χ4n) is 3.84. The lowest BCUT2D eigenvalue weighted by atomic mass is 10.0. The summed E-state index contributed by atoms with van der Waals surface area (Å²) in [5.74, 6) is -1.72. The number of amides is 4. The van der Waals surface area contributed by atoms with Crippen molar-refractivity contribution < 1.29 is 23.6 Å². The van der Waals surface area contributed by atoms with E-state index in [1.807, 2.05) is 0 Å². The first-order chi connectivity index (χ1) is 13.5. The number of fused-ring (bicyclic) bond motifs is 1. The molecule has 1 unspecified atom stereocenters. The molecular formula is C19H20FN3O4S. The smallest absolute Gasteiger partial charge is 0.262 e. The highest BCUT2D eigenvalue weighted by Crippen LogP contribution is 2.34. The second-order valence-electron chi connectivity index (χ2n) is 7.28. The predicted octanol–water partition coefficient (Wildman–Crippen LogP) is 1.32.